The zero-order chi connectivity index (χ0) is 23.5. The normalized spacial score (nSPS) is 17.4. The molecule has 3 heterocycles. The van der Waals surface area contributed by atoms with E-state index >= 15 is 0 Å². The SMILES string of the molecule is CCCCCC(CN(O)C=O)C(=O)NNc1nc(N2CCOCC2)nc(N2CCOCC2)n1. The van der Waals surface area contributed by atoms with Crippen molar-refractivity contribution in [2.75, 3.05) is 74.4 Å². The van der Waals surface area contributed by atoms with Crippen LogP contribution in [-0.4, -0.2) is 96.7 Å². The molecule has 1 aromatic heterocycles. The van der Waals surface area contributed by atoms with Gasteiger partial charge in [0.25, 0.3) is 0 Å². The summed E-state index contributed by atoms with van der Waals surface area (Å²) in [5.74, 6) is 0.304. The van der Waals surface area contributed by atoms with Gasteiger partial charge in [-0.15, -0.1) is 0 Å². The number of nitrogens with one attached hydrogen (secondary N) is 2. The number of hydrogen-bond acceptors (Lipinski definition) is 11. The minimum absolute atomic E-state index is 0.0873. The quantitative estimate of drug-likeness (QED) is 0.166. The van der Waals surface area contributed by atoms with Crippen molar-refractivity contribution >= 4 is 30.2 Å². The largest absolute Gasteiger partial charge is 0.378 e. The molecule has 3 N–H and O–H groups in total. The van der Waals surface area contributed by atoms with Gasteiger partial charge in [-0.2, -0.15) is 15.0 Å². The van der Waals surface area contributed by atoms with Gasteiger partial charge in [-0.25, -0.2) is 5.06 Å². The van der Waals surface area contributed by atoms with Crippen LogP contribution in [0.3, 0.4) is 0 Å². The molecule has 1 atom stereocenters. The highest BCUT2D eigenvalue weighted by atomic mass is 16.5. The minimum atomic E-state index is -0.571. The first-order chi connectivity index (χ1) is 16.1. The third kappa shape index (κ3) is 7.65. The van der Waals surface area contributed by atoms with Crippen molar-refractivity contribution in [3.05, 3.63) is 0 Å². The second-order valence-electron chi connectivity index (χ2n) is 7.99. The minimum Gasteiger partial charge on any atom is -0.378 e. The van der Waals surface area contributed by atoms with E-state index in [1.54, 1.807) is 0 Å². The number of unbranched alkanes of at least 4 members (excludes halogenated alkanes) is 2. The molecule has 0 aliphatic carbocycles. The van der Waals surface area contributed by atoms with Crippen molar-refractivity contribution in [3.8, 4) is 0 Å². The van der Waals surface area contributed by atoms with Gasteiger partial charge in [-0.05, 0) is 6.42 Å². The topological polar surface area (TPSA) is 145 Å². The molecular weight excluding hydrogens is 432 g/mol. The molecule has 2 fully saturated rings. The van der Waals surface area contributed by atoms with Gasteiger partial charge in [0.2, 0.25) is 30.2 Å². The van der Waals surface area contributed by atoms with Crippen LogP contribution in [0.5, 0.6) is 0 Å². The van der Waals surface area contributed by atoms with Crippen LogP contribution in [0.25, 0.3) is 0 Å². The number of carbonyl (C=O) groups excluding carboxylic acids is 2. The average molecular weight is 467 g/mol. The van der Waals surface area contributed by atoms with Gasteiger partial charge in [0.05, 0.1) is 38.9 Å². The molecule has 13 heteroatoms. The molecule has 2 saturated heterocycles. The Balaban J connectivity index is 1.71. The summed E-state index contributed by atoms with van der Waals surface area (Å²) < 4.78 is 10.8. The molecule has 13 nitrogen and oxygen atoms in total. The van der Waals surface area contributed by atoms with Gasteiger partial charge in [0, 0.05) is 26.2 Å². The fourth-order valence-electron chi connectivity index (χ4n) is 3.65. The van der Waals surface area contributed by atoms with Crippen molar-refractivity contribution in [1.82, 2.24) is 25.4 Å². The standard InChI is InChI=1S/C20H34N8O5/c1-2-3-4-5-16(14-28(31)15-29)17(30)24-25-18-21-19(26-6-10-32-11-7-26)23-20(22-18)27-8-12-33-13-9-27/h15-16,31H,2-14H2,1H3,(H,24,30)(H,21,22,23,25). The van der Waals surface area contributed by atoms with Crippen LogP contribution in [0.4, 0.5) is 17.8 Å². The highest BCUT2D eigenvalue weighted by molar-refractivity contribution is 5.80. The number of hydrogen-bond donors (Lipinski definition) is 3. The van der Waals surface area contributed by atoms with E-state index in [0.29, 0.717) is 82.4 Å². The summed E-state index contributed by atoms with van der Waals surface area (Å²) in [6, 6.07) is 0. The Labute approximate surface area is 193 Å². The maximum Gasteiger partial charge on any atom is 0.248 e. The zero-order valence-corrected chi connectivity index (χ0v) is 19.1. The molecule has 184 valence electrons. The van der Waals surface area contributed by atoms with E-state index in [1.807, 2.05) is 9.80 Å². The highest BCUT2D eigenvalue weighted by Gasteiger charge is 2.23. The molecule has 33 heavy (non-hydrogen) atoms. The number of rotatable bonds is 12. The van der Waals surface area contributed by atoms with Crippen LogP contribution in [0, 0.1) is 5.92 Å². The summed E-state index contributed by atoms with van der Waals surface area (Å²) in [7, 11) is 0. The lowest BCUT2D eigenvalue weighted by atomic mass is 10.0. The van der Waals surface area contributed by atoms with E-state index in [9.17, 15) is 14.8 Å². The molecule has 0 radical (unpaired) electrons. The Morgan fingerprint density at radius 1 is 1.06 bits per heavy atom. The van der Waals surface area contributed by atoms with Crippen LogP contribution < -0.4 is 20.7 Å². The highest BCUT2D eigenvalue weighted by Crippen LogP contribution is 2.19. The molecular formula is C20H34N8O5. The first-order valence-corrected chi connectivity index (χ1v) is 11.5. The number of morpholine rings is 2. The monoisotopic (exact) mass is 466 g/mol. The summed E-state index contributed by atoms with van der Waals surface area (Å²) >= 11 is 0. The summed E-state index contributed by atoms with van der Waals surface area (Å²) in [5, 5.41) is 10.1. The van der Waals surface area contributed by atoms with Crippen molar-refractivity contribution in [1.29, 1.82) is 0 Å². The maximum atomic E-state index is 12.8. The Kier molecular flexibility index (Phi) is 9.84. The molecule has 2 aliphatic heterocycles. The van der Waals surface area contributed by atoms with E-state index in [4.69, 9.17) is 9.47 Å². The smallest absolute Gasteiger partial charge is 0.248 e. The van der Waals surface area contributed by atoms with Gasteiger partial charge < -0.3 is 19.3 Å². The van der Waals surface area contributed by atoms with E-state index in [-0.39, 0.29) is 18.4 Å². The summed E-state index contributed by atoms with van der Waals surface area (Å²) in [5.41, 5.74) is 5.43. The van der Waals surface area contributed by atoms with E-state index in [2.05, 4.69) is 32.7 Å². The summed E-state index contributed by atoms with van der Waals surface area (Å²) in [4.78, 5) is 41.2. The predicted octanol–water partition coefficient (Wildman–Crippen LogP) is 0.0320. The number of hydrazine groups is 1. The van der Waals surface area contributed by atoms with Gasteiger partial charge in [-0.3, -0.25) is 25.6 Å². The number of carbonyl (C=O) groups is 2. The zero-order valence-electron chi connectivity index (χ0n) is 19.1. The van der Waals surface area contributed by atoms with E-state index < -0.39 is 5.92 Å². The number of nitrogens with zero attached hydrogens (tertiary/aromatic N) is 6. The van der Waals surface area contributed by atoms with Gasteiger partial charge in [0.1, 0.15) is 0 Å². The molecule has 0 aromatic carbocycles. The number of aromatic nitrogens is 3. The third-order valence-electron chi connectivity index (χ3n) is 5.55. The van der Waals surface area contributed by atoms with Gasteiger partial charge in [0.15, 0.2) is 0 Å². The van der Waals surface area contributed by atoms with Crippen LogP contribution >= 0.6 is 0 Å². The molecule has 2 aliphatic rings. The molecule has 3 rings (SSSR count). The van der Waals surface area contributed by atoms with Gasteiger partial charge in [-0.1, -0.05) is 26.2 Å². The molecule has 2 amide bonds. The molecule has 0 bridgehead atoms. The summed E-state index contributed by atoms with van der Waals surface area (Å²) in [6.07, 6.45) is 3.62. The van der Waals surface area contributed by atoms with E-state index in [0.717, 1.165) is 19.3 Å². The molecule has 0 spiro atoms. The Morgan fingerprint density at radius 3 is 2.15 bits per heavy atom. The molecule has 0 saturated carbocycles. The number of hydroxylamine groups is 2. The lowest BCUT2D eigenvalue weighted by Crippen LogP contribution is -2.42. The van der Waals surface area contributed by atoms with Gasteiger partial charge >= 0.3 is 0 Å². The maximum absolute atomic E-state index is 12.8. The lowest BCUT2D eigenvalue weighted by molar-refractivity contribution is -0.154. The first kappa shape index (κ1) is 24.9. The average Bonchev–Trinajstić information content (AvgIpc) is 2.87. The van der Waals surface area contributed by atoms with Crippen LogP contribution in [0.1, 0.15) is 32.6 Å². The van der Waals surface area contributed by atoms with Crippen LogP contribution in [-0.2, 0) is 19.1 Å². The molecule has 1 aromatic rings. The van der Waals surface area contributed by atoms with Crippen molar-refractivity contribution in [2.45, 2.75) is 32.6 Å². The molecule has 1 unspecified atom stereocenters. The Hall–Kier alpha value is -2.77. The Bertz CT molecular complexity index is 722. The number of amides is 2. The second kappa shape index (κ2) is 13.1. The first-order valence-electron chi connectivity index (χ1n) is 11.5. The third-order valence-corrected chi connectivity index (χ3v) is 5.55. The predicted molar refractivity (Wildman–Crippen MR) is 120 cm³/mol. The fourth-order valence-corrected chi connectivity index (χ4v) is 3.65. The van der Waals surface area contributed by atoms with Crippen LogP contribution in [0.2, 0.25) is 0 Å². The van der Waals surface area contributed by atoms with Crippen molar-refractivity contribution in [2.24, 2.45) is 5.92 Å². The fraction of sp³-hybridized carbons (Fsp3) is 0.750. The van der Waals surface area contributed by atoms with Crippen LogP contribution in [0.15, 0.2) is 0 Å². The number of anilines is 3. The van der Waals surface area contributed by atoms with E-state index in [1.165, 1.54) is 0 Å². The Morgan fingerprint density at radius 2 is 1.64 bits per heavy atom. The second-order valence-corrected chi connectivity index (χ2v) is 7.99. The van der Waals surface area contributed by atoms with Crippen molar-refractivity contribution < 1.29 is 24.3 Å². The number of ether oxygens (including phenoxy) is 2. The summed E-state index contributed by atoms with van der Waals surface area (Å²) in [6.45, 7) is 6.99. The lowest BCUT2D eigenvalue weighted by Gasteiger charge is -2.30. The van der Waals surface area contributed by atoms with Crippen molar-refractivity contribution in [3.63, 3.8) is 0 Å².